The van der Waals surface area contributed by atoms with Gasteiger partial charge in [0.25, 0.3) is 0 Å². The van der Waals surface area contributed by atoms with Gasteiger partial charge in [0, 0.05) is 7.11 Å². The smallest absolute Gasteiger partial charge is 0.441 e. The van der Waals surface area contributed by atoms with Crippen molar-refractivity contribution < 1.29 is 19.9 Å². The van der Waals surface area contributed by atoms with E-state index in [1.807, 2.05) is 0 Å². The number of hydrogen-bond acceptors (Lipinski definition) is 3. The Hall–Kier alpha value is 0.110. The van der Waals surface area contributed by atoms with Gasteiger partial charge < -0.3 is 9.42 Å². The molecule has 1 unspecified atom stereocenters. The third-order valence-electron chi connectivity index (χ3n) is 0.364. The Morgan fingerprint density at radius 3 is 2.86 bits per heavy atom. The third kappa shape index (κ3) is 2.76. The van der Waals surface area contributed by atoms with E-state index in [2.05, 4.69) is 9.05 Å². The Morgan fingerprint density at radius 2 is 2.71 bits per heavy atom. The fraction of sp³-hybridized carbons (Fsp3) is 0.500. The number of hydrogen-bond donors (Lipinski definition) is 1. The minimum atomic E-state index is -3.92. The van der Waals surface area contributed by atoms with Gasteiger partial charge in [-0.05, 0) is 0 Å². The topological polar surface area (TPSA) is 55.8 Å². The van der Waals surface area contributed by atoms with Crippen molar-refractivity contribution in [3.63, 3.8) is 0 Å². The molecule has 1 atom stereocenters. The minimum absolute atomic E-state index is 0.351. The maximum atomic E-state index is 10.1. The van der Waals surface area contributed by atoms with E-state index in [9.17, 15) is 4.57 Å². The first-order chi connectivity index (χ1) is 3.62. The Morgan fingerprint density at radius 1 is 2.14 bits per heavy atom. The van der Waals surface area contributed by atoms with E-state index in [1.54, 1.807) is 0 Å². The summed E-state index contributed by atoms with van der Waals surface area (Å²) < 4.78 is 24.1. The first-order valence-corrected chi connectivity index (χ1v) is 2.89. The molecule has 0 aliphatic heterocycles. The summed E-state index contributed by atoms with van der Waals surface area (Å²) in [6, 6.07) is 0. The van der Waals surface area contributed by atoms with Gasteiger partial charge >= 0.3 is 7.82 Å². The van der Waals surface area contributed by atoms with Gasteiger partial charge in [0.2, 0.25) is 0 Å². The van der Waals surface area contributed by atoms with Crippen LogP contribution in [0, 0.1) is 7.09 Å². The average Bonchev–Trinajstić information content (AvgIpc) is 1.67. The summed E-state index contributed by atoms with van der Waals surface area (Å²) in [5.41, 5.74) is 0. The lowest BCUT2D eigenvalue weighted by molar-refractivity contribution is 0.220. The highest BCUT2D eigenvalue weighted by Gasteiger charge is 2.08. The molecule has 44 valence electrons. The lowest BCUT2D eigenvalue weighted by Crippen LogP contribution is -1.81. The third-order valence-corrected chi connectivity index (χ3v) is 1.09. The van der Waals surface area contributed by atoms with Crippen LogP contribution in [0.15, 0.2) is 0 Å². The molecule has 0 amide bonds. The first kappa shape index (κ1) is 5.25. The zero-order chi connectivity index (χ0) is 6.62. The molecule has 1 N–H and O–H groups in total. The molecule has 0 aromatic heterocycles. The quantitative estimate of drug-likeness (QED) is 0.443. The molecule has 0 aromatic carbocycles. The van der Waals surface area contributed by atoms with Crippen LogP contribution in [-0.4, -0.2) is 12.0 Å². The van der Waals surface area contributed by atoms with Gasteiger partial charge in [-0.3, -0.25) is 4.52 Å². The van der Waals surface area contributed by atoms with Crippen molar-refractivity contribution in [3.05, 3.63) is 7.09 Å². The Balaban J connectivity index is 3.55. The second-order valence-corrected chi connectivity index (χ2v) is 2.27. The molecule has 0 saturated carbocycles. The summed E-state index contributed by atoms with van der Waals surface area (Å²) >= 11 is 0. The van der Waals surface area contributed by atoms with E-state index in [0.29, 0.717) is 7.09 Å². The van der Waals surface area contributed by atoms with E-state index >= 15 is 0 Å². The normalized spacial score (nSPS) is 20.6. The molecule has 0 saturated heterocycles. The highest BCUT2D eigenvalue weighted by atomic mass is 31.2. The standard InChI is InChI=1S/C2H6O4P/c1-5-7(3,4)6-2/h1H2,2H3,(H,3,4)/q-1/i1D. The van der Waals surface area contributed by atoms with Crippen molar-refractivity contribution >= 4 is 7.82 Å². The molecular weight excluding hydrogens is 119 g/mol. The first-order valence-electron chi connectivity index (χ1n) is 1.97. The summed E-state index contributed by atoms with van der Waals surface area (Å²) in [6.45, 7) is 0. The van der Waals surface area contributed by atoms with Crippen molar-refractivity contribution in [2.24, 2.45) is 0 Å². The van der Waals surface area contributed by atoms with Gasteiger partial charge in [-0.25, -0.2) is 11.7 Å². The highest BCUT2D eigenvalue weighted by Crippen LogP contribution is 2.40. The van der Waals surface area contributed by atoms with Crippen LogP contribution in [0.1, 0.15) is 1.37 Å². The van der Waals surface area contributed by atoms with Gasteiger partial charge in [-0.15, -0.1) is 0 Å². The van der Waals surface area contributed by atoms with Crippen LogP contribution < -0.4 is 0 Å². The zero-order valence-electron chi connectivity index (χ0n) is 4.70. The molecule has 0 heterocycles. The summed E-state index contributed by atoms with van der Waals surface area (Å²) in [7, 11) is -2.55. The summed E-state index contributed by atoms with van der Waals surface area (Å²) in [6.07, 6.45) is 0. The van der Waals surface area contributed by atoms with Crippen molar-refractivity contribution in [2.45, 2.75) is 0 Å². The summed E-state index contributed by atoms with van der Waals surface area (Å²) in [5.74, 6) is 0. The molecule has 0 bridgehead atoms. The molecule has 0 fully saturated rings. The predicted molar refractivity (Wildman–Crippen MR) is 23.3 cm³/mol. The molecular formula is C2H6O4P-. The Labute approximate surface area is 43.1 Å². The lowest BCUT2D eigenvalue weighted by Gasteiger charge is -2.08. The fourth-order valence-corrected chi connectivity index (χ4v) is 0.129. The maximum absolute atomic E-state index is 10.1. The maximum Gasteiger partial charge on any atom is 0.441 e. The second kappa shape index (κ2) is 2.43. The molecule has 0 aliphatic rings. The Kier molecular flexibility index (Phi) is 1.82. The van der Waals surface area contributed by atoms with Gasteiger partial charge in [-0.2, -0.15) is 1.37 Å². The van der Waals surface area contributed by atoms with Crippen molar-refractivity contribution in [1.82, 2.24) is 0 Å². The minimum Gasteiger partial charge on any atom is -0.467 e. The van der Waals surface area contributed by atoms with Crippen LogP contribution in [0.2, 0.25) is 0 Å². The highest BCUT2D eigenvalue weighted by molar-refractivity contribution is 7.47. The van der Waals surface area contributed by atoms with Crippen LogP contribution in [0.5, 0.6) is 0 Å². The van der Waals surface area contributed by atoms with Crippen molar-refractivity contribution in [3.8, 4) is 0 Å². The molecule has 4 nitrogen and oxygen atoms in total. The number of rotatable bonds is 3. The Bertz CT molecular complexity index is 104. The van der Waals surface area contributed by atoms with E-state index in [1.165, 1.54) is 0 Å². The molecule has 5 heteroatoms. The monoisotopic (exact) mass is 126 g/mol. The average molecular weight is 126 g/mol. The number of phosphoric ester groups is 1. The van der Waals surface area contributed by atoms with E-state index in [0.717, 1.165) is 7.11 Å². The summed E-state index contributed by atoms with van der Waals surface area (Å²) in [4.78, 5) is 8.28. The van der Waals surface area contributed by atoms with Crippen LogP contribution in [0.25, 0.3) is 0 Å². The summed E-state index contributed by atoms with van der Waals surface area (Å²) in [5, 5.41) is 0. The van der Waals surface area contributed by atoms with E-state index < -0.39 is 7.82 Å². The van der Waals surface area contributed by atoms with E-state index in [-0.39, 0.29) is 0 Å². The van der Waals surface area contributed by atoms with Crippen molar-refractivity contribution in [1.29, 1.82) is 0 Å². The molecule has 7 heavy (non-hydrogen) atoms. The molecule has 0 aliphatic carbocycles. The predicted octanol–water partition coefficient (Wildman–Crippen LogP) is 0.541. The molecule has 0 radical (unpaired) electrons. The largest absolute Gasteiger partial charge is 0.467 e. The second-order valence-electron chi connectivity index (χ2n) is 0.757. The SMILES string of the molecule is [2H][CH-]OP(=O)(O)OC. The molecule has 0 rings (SSSR count). The number of phosphoric acid groups is 1. The molecule has 0 aromatic rings. The van der Waals surface area contributed by atoms with Crippen LogP contribution in [0.4, 0.5) is 0 Å². The van der Waals surface area contributed by atoms with E-state index in [4.69, 9.17) is 6.26 Å². The lowest BCUT2D eigenvalue weighted by atomic mass is 11.8. The fourth-order valence-electron chi connectivity index (χ4n) is 0.0430. The van der Waals surface area contributed by atoms with Crippen LogP contribution in [0.3, 0.4) is 0 Å². The van der Waals surface area contributed by atoms with Crippen LogP contribution in [-0.2, 0) is 13.6 Å². The molecule has 0 spiro atoms. The van der Waals surface area contributed by atoms with Crippen molar-refractivity contribution in [2.75, 3.05) is 7.11 Å². The van der Waals surface area contributed by atoms with Gasteiger partial charge in [0.05, 0.1) is 0 Å². The zero-order valence-corrected chi connectivity index (χ0v) is 4.59. The van der Waals surface area contributed by atoms with Gasteiger partial charge in [0.1, 0.15) is 0 Å². The van der Waals surface area contributed by atoms with Crippen LogP contribution >= 0.6 is 7.82 Å². The van der Waals surface area contributed by atoms with Gasteiger partial charge in [-0.1, -0.05) is 0 Å². The van der Waals surface area contributed by atoms with Gasteiger partial charge in [0.15, 0.2) is 0 Å².